The molecule has 0 saturated heterocycles. The van der Waals surface area contributed by atoms with Gasteiger partial charge >= 0.3 is 0 Å². The van der Waals surface area contributed by atoms with Crippen LogP contribution in [0.4, 0.5) is 0 Å². The van der Waals surface area contributed by atoms with E-state index in [4.69, 9.17) is 9.15 Å². The van der Waals surface area contributed by atoms with Crippen molar-refractivity contribution in [1.82, 2.24) is 9.62 Å². The first-order chi connectivity index (χ1) is 13.3. The highest BCUT2D eigenvalue weighted by Gasteiger charge is 2.44. The molecule has 2 aliphatic rings. The Labute approximate surface area is 164 Å². The van der Waals surface area contributed by atoms with E-state index in [0.717, 1.165) is 32.2 Å². The lowest BCUT2D eigenvalue weighted by molar-refractivity contribution is 0.219. The Balaban J connectivity index is 1.33. The molecule has 1 aliphatic carbocycles. The fraction of sp³-hybridized carbons (Fsp3) is 0.450. The number of fused-ring (bicyclic) bond motifs is 1. The van der Waals surface area contributed by atoms with Crippen molar-refractivity contribution < 1.29 is 17.6 Å². The van der Waals surface area contributed by atoms with Crippen molar-refractivity contribution in [3.63, 3.8) is 0 Å². The monoisotopic (exact) mass is 404 g/mol. The lowest BCUT2D eigenvalue weighted by Crippen LogP contribution is -2.32. The van der Waals surface area contributed by atoms with E-state index in [1.165, 1.54) is 23.5 Å². The van der Waals surface area contributed by atoms with Crippen LogP contribution in [0.2, 0.25) is 0 Å². The standard InChI is InChI=1S/C20H24N2O5S/c1-28(24,25)21-13-20(6-7-20)14-27-19-12-26-17(8-18(19)23)11-22-9-15-4-2-3-5-16(15)10-22/h2-5,8,12,21H,6-7,9-11,13-14H2,1H3. The quantitative estimate of drug-likeness (QED) is 0.723. The minimum absolute atomic E-state index is 0.166. The van der Waals surface area contributed by atoms with Crippen molar-refractivity contribution >= 4 is 10.0 Å². The number of hydrogen-bond acceptors (Lipinski definition) is 6. The second-order valence-electron chi connectivity index (χ2n) is 7.87. The molecule has 1 N–H and O–H groups in total. The highest BCUT2D eigenvalue weighted by molar-refractivity contribution is 7.88. The van der Waals surface area contributed by atoms with Gasteiger partial charge in [0.05, 0.1) is 19.4 Å². The topological polar surface area (TPSA) is 88.8 Å². The maximum absolute atomic E-state index is 12.4. The molecule has 1 saturated carbocycles. The minimum Gasteiger partial charge on any atom is -0.486 e. The molecule has 0 bridgehead atoms. The van der Waals surface area contributed by atoms with Crippen LogP contribution in [0.3, 0.4) is 0 Å². The van der Waals surface area contributed by atoms with E-state index in [1.807, 2.05) is 12.1 Å². The fourth-order valence-electron chi connectivity index (χ4n) is 3.43. The number of nitrogens with one attached hydrogen (secondary N) is 1. The Morgan fingerprint density at radius 3 is 2.46 bits per heavy atom. The van der Waals surface area contributed by atoms with Crippen molar-refractivity contribution in [1.29, 1.82) is 0 Å². The Hall–Kier alpha value is -2.16. The zero-order valence-corrected chi connectivity index (χ0v) is 16.6. The van der Waals surface area contributed by atoms with E-state index in [2.05, 4.69) is 21.8 Å². The van der Waals surface area contributed by atoms with E-state index in [0.29, 0.717) is 25.5 Å². The predicted molar refractivity (Wildman–Crippen MR) is 104 cm³/mol. The van der Waals surface area contributed by atoms with Gasteiger partial charge in [-0.15, -0.1) is 0 Å². The first kappa shape index (κ1) is 19.2. The molecule has 0 unspecified atom stereocenters. The van der Waals surface area contributed by atoms with Gasteiger partial charge in [-0.25, -0.2) is 13.1 Å². The van der Waals surface area contributed by atoms with Crippen LogP contribution in [-0.4, -0.2) is 32.7 Å². The molecule has 1 fully saturated rings. The summed E-state index contributed by atoms with van der Waals surface area (Å²) in [7, 11) is -3.24. The van der Waals surface area contributed by atoms with Gasteiger partial charge in [0.15, 0.2) is 0 Å². The summed E-state index contributed by atoms with van der Waals surface area (Å²) in [6.45, 7) is 2.86. The lowest BCUT2D eigenvalue weighted by atomic mass is 10.1. The molecule has 4 rings (SSSR count). The number of hydrogen-bond donors (Lipinski definition) is 1. The summed E-state index contributed by atoms with van der Waals surface area (Å²) in [5, 5.41) is 0. The van der Waals surface area contributed by atoms with E-state index >= 15 is 0 Å². The largest absolute Gasteiger partial charge is 0.486 e. The molecule has 0 amide bonds. The van der Waals surface area contributed by atoms with E-state index in [1.54, 1.807) is 0 Å². The maximum atomic E-state index is 12.4. The zero-order valence-electron chi connectivity index (χ0n) is 15.8. The predicted octanol–water partition coefficient (Wildman–Crippen LogP) is 1.86. The van der Waals surface area contributed by atoms with Crippen LogP contribution in [0.25, 0.3) is 0 Å². The molecule has 2 aromatic rings. The van der Waals surface area contributed by atoms with Gasteiger partial charge in [-0.3, -0.25) is 9.69 Å². The van der Waals surface area contributed by atoms with Gasteiger partial charge in [0.2, 0.25) is 21.2 Å². The SMILES string of the molecule is CS(=O)(=O)NCC1(COc2coc(CN3Cc4ccccc4C3)cc2=O)CC1. The lowest BCUT2D eigenvalue weighted by Gasteiger charge is -2.16. The zero-order chi connectivity index (χ0) is 19.8. The third kappa shape index (κ3) is 4.63. The van der Waals surface area contributed by atoms with E-state index in [-0.39, 0.29) is 16.6 Å². The summed E-state index contributed by atoms with van der Waals surface area (Å²) < 4.78 is 36.3. The van der Waals surface area contributed by atoms with Crippen molar-refractivity contribution in [2.45, 2.75) is 32.5 Å². The molecular weight excluding hydrogens is 380 g/mol. The molecule has 0 spiro atoms. The summed E-state index contributed by atoms with van der Waals surface area (Å²) in [5.41, 5.74) is 2.17. The number of benzene rings is 1. The van der Waals surface area contributed by atoms with Crippen LogP contribution in [0.15, 0.2) is 45.8 Å². The summed E-state index contributed by atoms with van der Waals surface area (Å²) in [4.78, 5) is 14.6. The highest BCUT2D eigenvalue weighted by Crippen LogP contribution is 2.45. The molecular formula is C20H24N2O5S. The van der Waals surface area contributed by atoms with Crippen molar-refractivity contribution in [3.05, 3.63) is 63.7 Å². The second-order valence-corrected chi connectivity index (χ2v) is 9.70. The maximum Gasteiger partial charge on any atom is 0.227 e. The first-order valence-electron chi connectivity index (χ1n) is 9.30. The van der Waals surface area contributed by atoms with Gasteiger partial charge in [0, 0.05) is 31.1 Å². The van der Waals surface area contributed by atoms with Crippen molar-refractivity contribution in [2.24, 2.45) is 5.41 Å². The highest BCUT2D eigenvalue weighted by atomic mass is 32.2. The van der Waals surface area contributed by atoms with Crippen LogP contribution in [-0.2, 0) is 29.7 Å². The third-order valence-corrected chi connectivity index (χ3v) is 6.01. The van der Waals surface area contributed by atoms with Crippen molar-refractivity contribution in [2.75, 3.05) is 19.4 Å². The number of sulfonamides is 1. The second kappa shape index (κ2) is 7.35. The summed E-state index contributed by atoms with van der Waals surface area (Å²) in [6, 6.07) is 9.79. The van der Waals surface area contributed by atoms with Gasteiger partial charge < -0.3 is 9.15 Å². The number of rotatable bonds is 8. The average molecular weight is 404 g/mol. The van der Waals surface area contributed by atoms with E-state index in [9.17, 15) is 13.2 Å². The molecule has 28 heavy (non-hydrogen) atoms. The number of nitrogens with zero attached hydrogens (tertiary/aromatic N) is 1. The fourth-order valence-corrected chi connectivity index (χ4v) is 3.99. The molecule has 7 nitrogen and oxygen atoms in total. The van der Waals surface area contributed by atoms with Gasteiger partial charge in [0.25, 0.3) is 0 Å². The summed E-state index contributed by atoms with van der Waals surface area (Å²) in [5.74, 6) is 0.768. The Morgan fingerprint density at radius 2 is 1.89 bits per heavy atom. The minimum atomic E-state index is -3.24. The number of ether oxygens (including phenoxy) is 1. The Bertz CT molecular complexity index is 1000. The Morgan fingerprint density at radius 1 is 1.21 bits per heavy atom. The van der Waals surface area contributed by atoms with Gasteiger partial charge in [-0.05, 0) is 24.0 Å². The molecule has 8 heteroatoms. The molecule has 1 aliphatic heterocycles. The normalized spacial score (nSPS) is 18.0. The summed E-state index contributed by atoms with van der Waals surface area (Å²) >= 11 is 0. The van der Waals surface area contributed by atoms with E-state index < -0.39 is 10.0 Å². The molecule has 1 aromatic heterocycles. The van der Waals surface area contributed by atoms with Crippen LogP contribution >= 0.6 is 0 Å². The van der Waals surface area contributed by atoms with Crippen molar-refractivity contribution in [3.8, 4) is 5.75 Å². The summed E-state index contributed by atoms with van der Waals surface area (Å²) in [6.07, 6.45) is 4.24. The Kier molecular flexibility index (Phi) is 5.03. The van der Waals surface area contributed by atoms with Gasteiger partial charge in [-0.2, -0.15) is 0 Å². The smallest absolute Gasteiger partial charge is 0.227 e. The molecule has 2 heterocycles. The van der Waals surface area contributed by atoms with Gasteiger partial charge in [-0.1, -0.05) is 24.3 Å². The molecule has 150 valence electrons. The van der Waals surface area contributed by atoms with Crippen LogP contribution in [0, 0.1) is 5.41 Å². The average Bonchev–Trinajstić information content (AvgIpc) is 3.30. The molecule has 0 radical (unpaired) electrons. The third-order valence-electron chi connectivity index (χ3n) is 5.34. The molecule has 1 aromatic carbocycles. The molecule has 0 atom stereocenters. The van der Waals surface area contributed by atoms with Crippen LogP contribution in [0.1, 0.15) is 29.7 Å². The first-order valence-corrected chi connectivity index (χ1v) is 11.2. The van der Waals surface area contributed by atoms with Crippen LogP contribution < -0.4 is 14.9 Å². The van der Waals surface area contributed by atoms with Crippen LogP contribution in [0.5, 0.6) is 5.75 Å². The van der Waals surface area contributed by atoms with Gasteiger partial charge in [0.1, 0.15) is 12.0 Å².